The fraction of sp³-hybridized carbons (Fsp3) is 0.238. The van der Waals surface area contributed by atoms with Crippen LogP contribution in [0.1, 0.15) is 32.9 Å². The number of nitrogens with zero attached hydrogens (tertiary/aromatic N) is 4. The number of para-hydroxylation sites is 1. The Morgan fingerprint density at radius 3 is 2.46 bits per heavy atom. The van der Waals surface area contributed by atoms with Gasteiger partial charge in [-0.2, -0.15) is 5.10 Å². The number of amides is 1. The van der Waals surface area contributed by atoms with E-state index in [0.29, 0.717) is 17.7 Å². The lowest BCUT2D eigenvalue weighted by molar-refractivity contribution is -0.385. The average molecular weight is 378 g/mol. The summed E-state index contributed by atoms with van der Waals surface area (Å²) in [6.07, 6.45) is 0. The monoisotopic (exact) mass is 378 g/mol. The molecule has 0 N–H and O–H groups in total. The molecule has 1 amide bonds. The van der Waals surface area contributed by atoms with Crippen molar-refractivity contribution in [3.05, 3.63) is 86.7 Å². The molecule has 28 heavy (non-hydrogen) atoms. The van der Waals surface area contributed by atoms with Crippen molar-refractivity contribution in [1.29, 1.82) is 0 Å². The third kappa shape index (κ3) is 3.64. The van der Waals surface area contributed by atoms with Gasteiger partial charge in [0.25, 0.3) is 11.6 Å². The predicted octanol–water partition coefficient (Wildman–Crippen LogP) is 3.98. The summed E-state index contributed by atoms with van der Waals surface area (Å²) in [6, 6.07) is 14.4. The molecule has 0 spiro atoms. The van der Waals surface area contributed by atoms with Gasteiger partial charge in [-0.25, -0.2) is 4.68 Å². The Balaban J connectivity index is 1.86. The van der Waals surface area contributed by atoms with Gasteiger partial charge in [-0.1, -0.05) is 24.3 Å². The Morgan fingerprint density at radius 2 is 1.82 bits per heavy atom. The van der Waals surface area contributed by atoms with Gasteiger partial charge in [-0.05, 0) is 39.0 Å². The Morgan fingerprint density at radius 1 is 1.14 bits per heavy atom. The Labute approximate surface area is 163 Å². The van der Waals surface area contributed by atoms with Crippen LogP contribution in [-0.4, -0.2) is 32.6 Å². The van der Waals surface area contributed by atoms with Crippen LogP contribution in [-0.2, 0) is 6.54 Å². The van der Waals surface area contributed by atoms with Crippen LogP contribution in [0.3, 0.4) is 0 Å². The summed E-state index contributed by atoms with van der Waals surface area (Å²) in [6.45, 7) is 5.90. The molecule has 2 aromatic carbocycles. The SMILES string of the molecule is Cc1ccc(C(=O)N(C)Cc2c(C)nn(-c3ccccc3)c2C)cc1[N+](=O)[O-]. The fourth-order valence-corrected chi connectivity index (χ4v) is 3.19. The first-order valence-electron chi connectivity index (χ1n) is 8.90. The fourth-order valence-electron chi connectivity index (χ4n) is 3.19. The van der Waals surface area contributed by atoms with Gasteiger partial charge in [0.15, 0.2) is 0 Å². The smallest absolute Gasteiger partial charge is 0.273 e. The van der Waals surface area contributed by atoms with Crippen molar-refractivity contribution in [1.82, 2.24) is 14.7 Å². The quantitative estimate of drug-likeness (QED) is 0.497. The molecule has 0 radical (unpaired) electrons. The van der Waals surface area contributed by atoms with E-state index in [-0.39, 0.29) is 11.6 Å². The maximum absolute atomic E-state index is 12.8. The van der Waals surface area contributed by atoms with E-state index in [4.69, 9.17) is 0 Å². The molecule has 0 saturated carbocycles. The number of nitro groups is 1. The zero-order valence-electron chi connectivity index (χ0n) is 16.3. The van der Waals surface area contributed by atoms with Crippen LogP contribution in [0.25, 0.3) is 5.69 Å². The first-order valence-corrected chi connectivity index (χ1v) is 8.90. The molecule has 0 aliphatic heterocycles. The van der Waals surface area contributed by atoms with Gasteiger partial charge in [0, 0.05) is 42.0 Å². The van der Waals surface area contributed by atoms with Gasteiger partial charge < -0.3 is 4.90 Å². The highest BCUT2D eigenvalue weighted by atomic mass is 16.6. The van der Waals surface area contributed by atoms with E-state index in [2.05, 4.69) is 5.10 Å². The summed E-state index contributed by atoms with van der Waals surface area (Å²) < 4.78 is 1.86. The molecular weight excluding hydrogens is 356 g/mol. The lowest BCUT2D eigenvalue weighted by atomic mass is 10.1. The molecule has 144 valence electrons. The molecular formula is C21H22N4O3. The number of rotatable bonds is 5. The molecule has 0 aliphatic carbocycles. The number of hydrogen-bond donors (Lipinski definition) is 0. The van der Waals surface area contributed by atoms with E-state index >= 15 is 0 Å². The van der Waals surface area contributed by atoms with Crippen LogP contribution < -0.4 is 0 Å². The number of benzene rings is 2. The van der Waals surface area contributed by atoms with Crippen LogP contribution in [0.2, 0.25) is 0 Å². The normalized spacial score (nSPS) is 10.7. The first-order chi connectivity index (χ1) is 13.3. The van der Waals surface area contributed by atoms with Gasteiger partial charge in [0.1, 0.15) is 0 Å². The van der Waals surface area contributed by atoms with Crippen molar-refractivity contribution in [3.8, 4) is 5.69 Å². The Bertz CT molecular complexity index is 1040. The largest absolute Gasteiger partial charge is 0.337 e. The Hall–Kier alpha value is -3.48. The van der Waals surface area contributed by atoms with Crippen LogP contribution in [0.4, 0.5) is 5.69 Å². The molecule has 3 rings (SSSR count). The van der Waals surface area contributed by atoms with E-state index in [0.717, 1.165) is 22.6 Å². The van der Waals surface area contributed by atoms with Gasteiger partial charge in [0.2, 0.25) is 0 Å². The van der Waals surface area contributed by atoms with Crippen LogP contribution in [0.5, 0.6) is 0 Å². The van der Waals surface area contributed by atoms with Gasteiger partial charge in [0.05, 0.1) is 16.3 Å². The highest BCUT2D eigenvalue weighted by Crippen LogP contribution is 2.22. The van der Waals surface area contributed by atoms with Crippen molar-refractivity contribution in [2.24, 2.45) is 0 Å². The maximum atomic E-state index is 12.8. The first kappa shape index (κ1) is 19.3. The molecule has 7 nitrogen and oxygen atoms in total. The number of hydrogen-bond acceptors (Lipinski definition) is 4. The molecule has 0 bridgehead atoms. The van der Waals surface area contributed by atoms with Crippen LogP contribution >= 0.6 is 0 Å². The lowest BCUT2D eigenvalue weighted by Gasteiger charge is -2.18. The van der Waals surface area contributed by atoms with Gasteiger partial charge >= 0.3 is 0 Å². The minimum Gasteiger partial charge on any atom is -0.337 e. The number of carbonyl (C=O) groups is 1. The van der Waals surface area contributed by atoms with E-state index in [9.17, 15) is 14.9 Å². The summed E-state index contributed by atoms with van der Waals surface area (Å²) in [7, 11) is 1.69. The zero-order chi connectivity index (χ0) is 20.4. The third-order valence-corrected chi connectivity index (χ3v) is 4.84. The molecule has 1 aromatic heterocycles. The molecule has 0 saturated heterocycles. The zero-order valence-corrected chi connectivity index (χ0v) is 16.3. The summed E-state index contributed by atoms with van der Waals surface area (Å²) in [5, 5.41) is 15.8. The summed E-state index contributed by atoms with van der Waals surface area (Å²) in [5.74, 6) is -0.269. The van der Waals surface area contributed by atoms with Crippen molar-refractivity contribution in [2.75, 3.05) is 7.05 Å². The third-order valence-electron chi connectivity index (χ3n) is 4.84. The molecule has 3 aromatic rings. The topological polar surface area (TPSA) is 81.3 Å². The van der Waals surface area contributed by atoms with Crippen molar-refractivity contribution in [3.63, 3.8) is 0 Å². The Kier molecular flexibility index (Phi) is 5.26. The number of carbonyl (C=O) groups excluding carboxylic acids is 1. The number of aromatic nitrogens is 2. The number of nitro benzene ring substituents is 1. The second-order valence-corrected chi connectivity index (χ2v) is 6.82. The van der Waals surface area contributed by atoms with Gasteiger partial charge in [-0.15, -0.1) is 0 Å². The van der Waals surface area contributed by atoms with E-state index in [1.54, 1.807) is 31.0 Å². The maximum Gasteiger partial charge on any atom is 0.273 e. The summed E-state index contributed by atoms with van der Waals surface area (Å²) >= 11 is 0. The molecule has 0 unspecified atom stereocenters. The predicted molar refractivity (Wildman–Crippen MR) is 107 cm³/mol. The van der Waals surface area contributed by atoms with E-state index in [1.165, 1.54) is 6.07 Å². The van der Waals surface area contributed by atoms with Crippen LogP contribution in [0, 0.1) is 30.9 Å². The molecule has 0 fully saturated rings. The lowest BCUT2D eigenvalue weighted by Crippen LogP contribution is -2.26. The summed E-state index contributed by atoms with van der Waals surface area (Å²) in [5.41, 5.74) is 4.49. The highest BCUT2D eigenvalue weighted by molar-refractivity contribution is 5.94. The average Bonchev–Trinajstić information content (AvgIpc) is 2.96. The molecule has 1 heterocycles. The minimum absolute atomic E-state index is 0.0523. The van der Waals surface area contributed by atoms with Crippen LogP contribution in [0.15, 0.2) is 48.5 Å². The second-order valence-electron chi connectivity index (χ2n) is 6.82. The van der Waals surface area contributed by atoms with Crippen molar-refractivity contribution in [2.45, 2.75) is 27.3 Å². The molecule has 0 atom stereocenters. The van der Waals surface area contributed by atoms with E-state index in [1.807, 2.05) is 48.9 Å². The molecule has 7 heteroatoms. The standard InChI is InChI=1S/C21H22N4O3/c1-14-10-11-17(12-20(14)25(27)28)21(26)23(4)13-19-15(2)22-24(16(19)3)18-8-6-5-7-9-18/h5-12H,13H2,1-4H3. The second kappa shape index (κ2) is 7.64. The van der Waals surface area contributed by atoms with Crippen molar-refractivity contribution < 1.29 is 9.72 Å². The highest BCUT2D eigenvalue weighted by Gasteiger charge is 2.20. The summed E-state index contributed by atoms with van der Waals surface area (Å²) in [4.78, 5) is 25.1. The minimum atomic E-state index is -0.468. The van der Waals surface area contributed by atoms with Crippen molar-refractivity contribution >= 4 is 11.6 Å². The van der Waals surface area contributed by atoms with E-state index < -0.39 is 4.92 Å². The molecule has 0 aliphatic rings. The number of aryl methyl sites for hydroxylation is 2. The van der Waals surface area contributed by atoms with Gasteiger partial charge in [-0.3, -0.25) is 14.9 Å².